The number of aliphatic carboxylic acids is 1. The lowest BCUT2D eigenvalue weighted by Crippen LogP contribution is -2.48. The Labute approximate surface area is 108 Å². The number of nitrogens with one attached hydrogen (secondary N) is 1. The zero-order valence-corrected chi connectivity index (χ0v) is 11.6. The van der Waals surface area contributed by atoms with Crippen molar-refractivity contribution in [3.8, 4) is 0 Å². The molecule has 0 fully saturated rings. The monoisotopic (exact) mass is 260 g/mol. The average molecular weight is 260 g/mol. The van der Waals surface area contributed by atoms with Crippen LogP contribution in [0.25, 0.3) is 0 Å². The van der Waals surface area contributed by atoms with Gasteiger partial charge in [-0.05, 0) is 27.7 Å². The molecule has 106 valence electrons. The molecule has 0 rings (SSSR count). The number of carboxylic acids is 1. The normalized spacial score (nSPS) is 13.8. The van der Waals surface area contributed by atoms with Crippen LogP contribution in [0.5, 0.6) is 0 Å². The molecule has 2 N–H and O–H groups in total. The van der Waals surface area contributed by atoms with Crippen molar-refractivity contribution in [1.29, 1.82) is 0 Å². The van der Waals surface area contributed by atoms with E-state index in [1.165, 1.54) is 0 Å². The molecular weight excluding hydrogens is 236 g/mol. The van der Waals surface area contributed by atoms with Gasteiger partial charge in [0.05, 0.1) is 12.5 Å². The molecule has 2 unspecified atom stereocenters. The second kappa shape index (κ2) is 8.74. The first-order valence-corrected chi connectivity index (χ1v) is 6.29. The minimum atomic E-state index is -0.917. The number of urea groups is 1. The summed E-state index contributed by atoms with van der Waals surface area (Å²) in [6.45, 7) is 9.20. The van der Waals surface area contributed by atoms with Crippen molar-refractivity contribution in [2.24, 2.45) is 5.92 Å². The van der Waals surface area contributed by atoms with Gasteiger partial charge in [0.25, 0.3) is 0 Å². The van der Waals surface area contributed by atoms with E-state index in [9.17, 15) is 9.59 Å². The molecule has 0 saturated carbocycles. The van der Waals surface area contributed by atoms with E-state index < -0.39 is 17.9 Å². The third-order valence-corrected chi connectivity index (χ3v) is 2.87. The predicted molar refractivity (Wildman–Crippen MR) is 68.5 cm³/mol. The number of hydrogen-bond donors (Lipinski definition) is 2. The lowest BCUT2D eigenvalue weighted by atomic mass is 10.0. The quantitative estimate of drug-likeness (QED) is 0.642. The number of nitrogens with zero attached hydrogens (tertiary/aromatic N) is 1. The van der Waals surface area contributed by atoms with Crippen LogP contribution < -0.4 is 5.32 Å². The standard InChI is InChI=1S/C12H24N2O4/c1-5-14(7-8-18-6-2)12(17)13-10(4)9(3)11(15)16/h9-10H,5-8H2,1-4H3,(H,13,17)(H,15,16). The van der Waals surface area contributed by atoms with Crippen molar-refractivity contribution in [3.05, 3.63) is 0 Å². The van der Waals surface area contributed by atoms with Crippen molar-refractivity contribution in [1.82, 2.24) is 10.2 Å². The van der Waals surface area contributed by atoms with E-state index in [1.54, 1.807) is 18.7 Å². The second-order valence-electron chi connectivity index (χ2n) is 4.14. The summed E-state index contributed by atoms with van der Waals surface area (Å²) < 4.78 is 5.19. The van der Waals surface area contributed by atoms with Gasteiger partial charge in [0.2, 0.25) is 0 Å². The molecular formula is C12H24N2O4. The van der Waals surface area contributed by atoms with Crippen molar-refractivity contribution in [2.45, 2.75) is 33.7 Å². The van der Waals surface area contributed by atoms with Crippen LogP contribution in [0.15, 0.2) is 0 Å². The van der Waals surface area contributed by atoms with E-state index in [1.807, 2.05) is 13.8 Å². The molecule has 0 aromatic carbocycles. The highest BCUT2D eigenvalue weighted by Crippen LogP contribution is 2.03. The summed E-state index contributed by atoms with van der Waals surface area (Å²) in [5, 5.41) is 11.5. The van der Waals surface area contributed by atoms with E-state index in [0.29, 0.717) is 26.3 Å². The molecule has 18 heavy (non-hydrogen) atoms. The van der Waals surface area contributed by atoms with Crippen LogP contribution in [-0.4, -0.2) is 54.4 Å². The smallest absolute Gasteiger partial charge is 0.317 e. The zero-order valence-electron chi connectivity index (χ0n) is 11.6. The molecule has 6 nitrogen and oxygen atoms in total. The fourth-order valence-electron chi connectivity index (χ4n) is 1.35. The van der Waals surface area contributed by atoms with Crippen LogP contribution in [0.3, 0.4) is 0 Å². The maximum atomic E-state index is 11.9. The summed E-state index contributed by atoms with van der Waals surface area (Å²) in [5.74, 6) is -1.53. The maximum Gasteiger partial charge on any atom is 0.317 e. The van der Waals surface area contributed by atoms with Gasteiger partial charge >= 0.3 is 12.0 Å². The number of hydrogen-bond acceptors (Lipinski definition) is 3. The van der Waals surface area contributed by atoms with E-state index in [0.717, 1.165) is 0 Å². The van der Waals surface area contributed by atoms with Crippen LogP contribution >= 0.6 is 0 Å². The number of amides is 2. The highest BCUT2D eigenvalue weighted by atomic mass is 16.5. The van der Waals surface area contributed by atoms with Crippen LogP contribution in [0.2, 0.25) is 0 Å². The van der Waals surface area contributed by atoms with E-state index in [2.05, 4.69) is 5.32 Å². The summed E-state index contributed by atoms with van der Waals surface area (Å²) in [6, 6.07) is -0.658. The van der Waals surface area contributed by atoms with Gasteiger partial charge in [-0.1, -0.05) is 0 Å². The third kappa shape index (κ3) is 5.86. The summed E-state index contributed by atoms with van der Waals surface area (Å²) >= 11 is 0. The summed E-state index contributed by atoms with van der Waals surface area (Å²) in [5.41, 5.74) is 0. The molecule has 0 radical (unpaired) electrons. The summed E-state index contributed by atoms with van der Waals surface area (Å²) in [6.07, 6.45) is 0. The van der Waals surface area contributed by atoms with Crippen LogP contribution in [0, 0.1) is 5.92 Å². The van der Waals surface area contributed by atoms with Gasteiger partial charge < -0.3 is 20.1 Å². The molecule has 0 spiro atoms. The van der Waals surface area contributed by atoms with Crippen LogP contribution in [0.1, 0.15) is 27.7 Å². The minimum absolute atomic E-state index is 0.252. The molecule has 0 aromatic heterocycles. The van der Waals surface area contributed by atoms with Crippen LogP contribution in [0.4, 0.5) is 4.79 Å². The van der Waals surface area contributed by atoms with Gasteiger partial charge in [0.15, 0.2) is 0 Å². The highest BCUT2D eigenvalue weighted by Gasteiger charge is 2.22. The number of carboxylic acid groups (broad SMARTS) is 1. The molecule has 0 aliphatic heterocycles. The largest absolute Gasteiger partial charge is 0.481 e. The van der Waals surface area contributed by atoms with E-state index in [-0.39, 0.29) is 6.03 Å². The van der Waals surface area contributed by atoms with Gasteiger partial charge in [0, 0.05) is 25.7 Å². The molecule has 0 bridgehead atoms. The lowest BCUT2D eigenvalue weighted by Gasteiger charge is -2.25. The van der Waals surface area contributed by atoms with E-state index in [4.69, 9.17) is 9.84 Å². The van der Waals surface area contributed by atoms with Crippen molar-refractivity contribution in [2.75, 3.05) is 26.3 Å². The number of rotatable bonds is 8. The first kappa shape index (κ1) is 16.7. The first-order valence-electron chi connectivity index (χ1n) is 6.29. The lowest BCUT2D eigenvalue weighted by molar-refractivity contribution is -0.141. The molecule has 0 saturated heterocycles. The molecule has 2 atom stereocenters. The molecule has 0 aromatic rings. The van der Waals surface area contributed by atoms with Gasteiger partial charge in [0.1, 0.15) is 0 Å². The number of likely N-dealkylation sites (N-methyl/N-ethyl adjacent to an activating group) is 1. The average Bonchev–Trinajstić information content (AvgIpc) is 2.33. The van der Waals surface area contributed by atoms with Crippen molar-refractivity contribution < 1.29 is 19.4 Å². The van der Waals surface area contributed by atoms with Gasteiger partial charge in [-0.15, -0.1) is 0 Å². The van der Waals surface area contributed by atoms with Crippen molar-refractivity contribution in [3.63, 3.8) is 0 Å². The molecule has 0 aliphatic rings. The first-order chi connectivity index (χ1) is 8.43. The Morgan fingerprint density at radius 2 is 1.94 bits per heavy atom. The van der Waals surface area contributed by atoms with Crippen LogP contribution in [-0.2, 0) is 9.53 Å². The fraction of sp³-hybridized carbons (Fsp3) is 0.833. The van der Waals surface area contributed by atoms with Gasteiger partial charge in [-0.3, -0.25) is 4.79 Å². The fourth-order valence-corrected chi connectivity index (χ4v) is 1.35. The van der Waals surface area contributed by atoms with Crippen molar-refractivity contribution >= 4 is 12.0 Å². The molecule has 0 aliphatic carbocycles. The Bertz CT molecular complexity index is 271. The Morgan fingerprint density at radius 1 is 1.33 bits per heavy atom. The van der Waals surface area contributed by atoms with Gasteiger partial charge in [-0.25, -0.2) is 4.79 Å². The molecule has 6 heteroatoms. The highest BCUT2D eigenvalue weighted by molar-refractivity contribution is 5.76. The Kier molecular flexibility index (Phi) is 8.11. The topological polar surface area (TPSA) is 78.9 Å². The molecule has 0 heterocycles. The Balaban J connectivity index is 4.21. The zero-order chi connectivity index (χ0) is 14.1. The third-order valence-electron chi connectivity index (χ3n) is 2.87. The number of carbonyl (C=O) groups excluding carboxylic acids is 1. The minimum Gasteiger partial charge on any atom is -0.481 e. The maximum absolute atomic E-state index is 11.9. The predicted octanol–water partition coefficient (Wildman–Crippen LogP) is 1.16. The number of ether oxygens (including phenoxy) is 1. The Hall–Kier alpha value is -1.30. The second-order valence-corrected chi connectivity index (χ2v) is 4.14. The Morgan fingerprint density at radius 3 is 2.39 bits per heavy atom. The summed E-state index contributed by atoms with van der Waals surface area (Å²) in [4.78, 5) is 24.3. The number of carbonyl (C=O) groups is 2. The summed E-state index contributed by atoms with van der Waals surface area (Å²) in [7, 11) is 0. The van der Waals surface area contributed by atoms with E-state index >= 15 is 0 Å². The van der Waals surface area contributed by atoms with Gasteiger partial charge in [-0.2, -0.15) is 0 Å². The SMILES string of the molecule is CCOCCN(CC)C(=O)NC(C)C(C)C(=O)O. The molecule has 2 amide bonds.